The van der Waals surface area contributed by atoms with Crippen LogP contribution in [0.5, 0.6) is 0 Å². The smallest absolute Gasteiger partial charge is 0.143 e. The van der Waals surface area contributed by atoms with Crippen molar-refractivity contribution in [3.8, 4) is 55.6 Å². The lowest BCUT2D eigenvalue weighted by Crippen LogP contribution is -2.09. The molecule has 11 rings (SSSR count). The molecule has 0 amide bonds. The van der Waals surface area contributed by atoms with E-state index < -0.39 is 0 Å². The lowest BCUT2D eigenvalue weighted by atomic mass is 9.94. The number of anilines is 3. The molecule has 0 fully saturated rings. The summed E-state index contributed by atoms with van der Waals surface area (Å²) in [7, 11) is 0. The minimum atomic E-state index is 0.848. The van der Waals surface area contributed by atoms with Gasteiger partial charge in [-0.25, -0.2) is 0 Å². The van der Waals surface area contributed by atoms with E-state index in [2.05, 4.69) is 241 Å². The summed E-state index contributed by atoms with van der Waals surface area (Å²) in [5.74, 6) is 0. The fourth-order valence-electron chi connectivity index (χ4n) is 8.62. The zero-order valence-electron chi connectivity index (χ0n) is 32.9. The van der Waals surface area contributed by atoms with E-state index in [1.165, 1.54) is 55.3 Å². The van der Waals surface area contributed by atoms with Gasteiger partial charge in [0.2, 0.25) is 0 Å². The van der Waals surface area contributed by atoms with Crippen molar-refractivity contribution in [2.24, 2.45) is 0 Å². The first-order valence-corrected chi connectivity index (χ1v) is 20.5. The van der Waals surface area contributed by atoms with Crippen LogP contribution in [0.2, 0.25) is 0 Å². The van der Waals surface area contributed by atoms with Gasteiger partial charge in [-0.1, -0.05) is 188 Å². The summed E-state index contributed by atoms with van der Waals surface area (Å²) in [5, 5.41) is 4.56. The Kier molecular flexibility index (Phi) is 8.87. The molecule has 0 unspecified atom stereocenters. The van der Waals surface area contributed by atoms with Crippen molar-refractivity contribution in [2.45, 2.75) is 0 Å². The van der Waals surface area contributed by atoms with Gasteiger partial charge in [-0.2, -0.15) is 0 Å². The molecule has 0 aliphatic rings. The quantitative estimate of drug-likeness (QED) is 0.153. The maximum Gasteiger partial charge on any atom is 0.143 e. The van der Waals surface area contributed by atoms with E-state index in [1.807, 2.05) is 0 Å². The van der Waals surface area contributed by atoms with Gasteiger partial charge in [0, 0.05) is 39.5 Å². The van der Waals surface area contributed by atoms with E-state index >= 15 is 0 Å². The largest absolute Gasteiger partial charge is 0.455 e. The van der Waals surface area contributed by atoms with Crippen molar-refractivity contribution in [3.05, 3.63) is 237 Å². The van der Waals surface area contributed by atoms with Crippen LogP contribution in [0.1, 0.15) is 0 Å². The second kappa shape index (κ2) is 15.1. The van der Waals surface area contributed by atoms with Crippen molar-refractivity contribution in [2.75, 3.05) is 4.90 Å². The third kappa shape index (κ3) is 6.51. The summed E-state index contributed by atoms with van der Waals surface area (Å²) in [6.07, 6.45) is 0. The molecule has 2 heteroatoms. The Balaban J connectivity index is 1.01. The van der Waals surface area contributed by atoms with Crippen LogP contribution in [0.3, 0.4) is 0 Å². The van der Waals surface area contributed by atoms with Crippen LogP contribution in [0.25, 0.3) is 88.3 Å². The molecule has 60 heavy (non-hydrogen) atoms. The van der Waals surface area contributed by atoms with E-state index in [0.717, 1.165) is 50.1 Å². The number of hydrogen-bond donors (Lipinski definition) is 0. The van der Waals surface area contributed by atoms with Gasteiger partial charge in [0.05, 0.1) is 0 Å². The number of hydrogen-bond acceptors (Lipinski definition) is 2. The molecule has 10 aromatic carbocycles. The van der Waals surface area contributed by atoms with Gasteiger partial charge >= 0.3 is 0 Å². The summed E-state index contributed by atoms with van der Waals surface area (Å²) >= 11 is 0. The Morgan fingerprint density at radius 1 is 0.267 bits per heavy atom. The molecule has 282 valence electrons. The molecule has 1 aromatic heterocycles. The molecule has 0 aliphatic carbocycles. The number of benzene rings is 10. The highest BCUT2D eigenvalue weighted by Crippen LogP contribution is 2.44. The second-order valence-corrected chi connectivity index (χ2v) is 15.3. The monoisotopic (exact) mass is 765 g/mol. The molecule has 11 aromatic rings. The highest BCUT2D eigenvalue weighted by Gasteiger charge is 2.20. The summed E-state index contributed by atoms with van der Waals surface area (Å²) in [6, 6.07) is 84.6. The summed E-state index contributed by atoms with van der Waals surface area (Å²) in [6.45, 7) is 0. The molecule has 0 aliphatic heterocycles. The Labute approximate surface area is 349 Å². The molecular weight excluding hydrogens is 727 g/mol. The molecule has 0 atom stereocenters. The zero-order valence-corrected chi connectivity index (χ0v) is 32.9. The van der Waals surface area contributed by atoms with Crippen LogP contribution >= 0.6 is 0 Å². The molecule has 0 saturated carbocycles. The van der Waals surface area contributed by atoms with Gasteiger partial charge < -0.3 is 9.32 Å². The average molecular weight is 766 g/mol. The van der Waals surface area contributed by atoms with E-state index in [1.54, 1.807) is 0 Å². The fraction of sp³-hybridized carbons (Fsp3) is 0. The van der Waals surface area contributed by atoms with Gasteiger partial charge in [0.1, 0.15) is 11.2 Å². The van der Waals surface area contributed by atoms with Crippen molar-refractivity contribution >= 4 is 49.8 Å². The van der Waals surface area contributed by atoms with E-state index in [-0.39, 0.29) is 0 Å². The standard InChI is InChI=1S/C58H39NO/c1-4-12-40(13-5-1)43-20-22-45(23-21-43)47-30-34-51(35-31-47)59(50-32-28-46(29-33-50)42-16-8-3-9-17-42)52-36-37-54-55-38-49-18-10-11-19-53(49)57(58(55)60-56(54)39-52)48-26-24-44(25-27-48)41-14-6-2-7-15-41/h1-39H. The molecule has 0 N–H and O–H groups in total. The minimum Gasteiger partial charge on any atom is -0.455 e. The Hall–Kier alpha value is -7.94. The number of furan rings is 1. The van der Waals surface area contributed by atoms with Crippen LogP contribution in [-0.4, -0.2) is 0 Å². The first-order chi connectivity index (χ1) is 29.7. The molecule has 1 heterocycles. The molecular formula is C58H39NO. The summed E-state index contributed by atoms with van der Waals surface area (Å²) in [5.41, 5.74) is 16.7. The third-order valence-electron chi connectivity index (χ3n) is 11.7. The predicted molar refractivity (Wildman–Crippen MR) is 253 cm³/mol. The second-order valence-electron chi connectivity index (χ2n) is 15.3. The zero-order chi connectivity index (χ0) is 39.8. The van der Waals surface area contributed by atoms with Gasteiger partial charge in [0.25, 0.3) is 0 Å². The average Bonchev–Trinajstić information content (AvgIpc) is 3.69. The lowest BCUT2D eigenvalue weighted by Gasteiger charge is -2.26. The highest BCUT2D eigenvalue weighted by atomic mass is 16.3. The van der Waals surface area contributed by atoms with Crippen molar-refractivity contribution < 1.29 is 4.42 Å². The van der Waals surface area contributed by atoms with Gasteiger partial charge in [-0.3, -0.25) is 0 Å². The number of fused-ring (bicyclic) bond motifs is 4. The topological polar surface area (TPSA) is 16.4 Å². The normalized spacial score (nSPS) is 11.3. The van der Waals surface area contributed by atoms with E-state index in [0.29, 0.717) is 0 Å². The Morgan fingerprint density at radius 3 is 1.13 bits per heavy atom. The van der Waals surface area contributed by atoms with Gasteiger partial charge in [-0.15, -0.1) is 0 Å². The van der Waals surface area contributed by atoms with E-state index in [9.17, 15) is 0 Å². The van der Waals surface area contributed by atoms with Crippen molar-refractivity contribution in [1.29, 1.82) is 0 Å². The van der Waals surface area contributed by atoms with Gasteiger partial charge in [0.15, 0.2) is 0 Å². The third-order valence-corrected chi connectivity index (χ3v) is 11.7. The van der Waals surface area contributed by atoms with E-state index in [4.69, 9.17) is 4.42 Å². The number of nitrogens with zero attached hydrogens (tertiary/aromatic N) is 1. The van der Waals surface area contributed by atoms with Crippen LogP contribution in [0.4, 0.5) is 17.1 Å². The van der Waals surface area contributed by atoms with Crippen LogP contribution in [0.15, 0.2) is 241 Å². The van der Waals surface area contributed by atoms with Crippen LogP contribution in [-0.2, 0) is 0 Å². The summed E-state index contributed by atoms with van der Waals surface area (Å²) in [4.78, 5) is 2.32. The van der Waals surface area contributed by atoms with Gasteiger partial charge in [-0.05, 0) is 103 Å². The molecule has 0 saturated heterocycles. The molecule has 0 spiro atoms. The number of rotatable bonds is 8. The first kappa shape index (κ1) is 35.2. The highest BCUT2D eigenvalue weighted by molar-refractivity contribution is 6.18. The first-order valence-electron chi connectivity index (χ1n) is 20.5. The summed E-state index contributed by atoms with van der Waals surface area (Å²) < 4.78 is 6.99. The maximum absolute atomic E-state index is 6.99. The molecule has 2 nitrogen and oxygen atoms in total. The van der Waals surface area contributed by atoms with Crippen LogP contribution < -0.4 is 4.90 Å². The predicted octanol–water partition coefficient (Wildman–Crippen LogP) is 16.5. The maximum atomic E-state index is 6.99. The molecule has 0 bridgehead atoms. The van der Waals surface area contributed by atoms with Crippen LogP contribution in [0, 0.1) is 0 Å². The molecule has 0 radical (unpaired) electrons. The van der Waals surface area contributed by atoms with Crippen molar-refractivity contribution in [3.63, 3.8) is 0 Å². The van der Waals surface area contributed by atoms with Crippen molar-refractivity contribution in [1.82, 2.24) is 0 Å². The SMILES string of the molecule is c1ccc(-c2ccc(-c3ccc(N(c4ccc(-c5ccccc5)cc4)c4ccc5c(c4)oc4c(-c6ccc(-c7ccccc7)cc6)c6ccccc6cc45)cc3)cc2)cc1. The fourth-order valence-corrected chi connectivity index (χ4v) is 8.62. The minimum absolute atomic E-state index is 0.848. The lowest BCUT2D eigenvalue weighted by molar-refractivity contribution is 0.670. The Bertz CT molecular complexity index is 3240. The Morgan fingerprint density at radius 2 is 0.650 bits per heavy atom.